The van der Waals surface area contributed by atoms with Gasteiger partial charge in [-0.1, -0.05) is 0 Å². The van der Waals surface area contributed by atoms with Gasteiger partial charge < -0.3 is 4.98 Å². The molecule has 0 saturated heterocycles. The molecule has 0 saturated carbocycles. The third-order valence-electron chi connectivity index (χ3n) is 3.39. The predicted octanol–water partition coefficient (Wildman–Crippen LogP) is 2.18. The quantitative estimate of drug-likeness (QED) is 0.793. The minimum absolute atomic E-state index is 0.0942. The van der Waals surface area contributed by atoms with E-state index in [0.717, 1.165) is 35.4 Å². The standard InChI is InChI=1S/C12H18FNOS/c1-8(13)9-4-5-10-11(6-9)14-7-12(10)16(2,3)15/h7-9,14H,2,4-6H2,1,3H3. The second-order valence-corrected chi connectivity index (χ2v) is 7.25. The van der Waals surface area contributed by atoms with Crippen LogP contribution in [-0.2, 0) is 22.4 Å². The van der Waals surface area contributed by atoms with Crippen LogP contribution < -0.4 is 0 Å². The van der Waals surface area contributed by atoms with Gasteiger partial charge in [-0.05, 0) is 53.1 Å². The monoisotopic (exact) mass is 243 g/mol. The molecule has 1 aliphatic carbocycles. The molecule has 1 aromatic rings. The van der Waals surface area contributed by atoms with E-state index >= 15 is 0 Å². The van der Waals surface area contributed by atoms with E-state index in [2.05, 4.69) is 10.9 Å². The molecule has 1 N–H and O–H groups in total. The highest BCUT2D eigenvalue weighted by molar-refractivity contribution is 7.99. The first-order valence-corrected chi connectivity index (χ1v) is 7.68. The fourth-order valence-corrected chi connectivity index (χ4v) is 3.46. The van der Waals surface area contributed by atoms with E-state index < -0.39 is 15.7 Å². The van der Waals surface area contributed by atoms with Crippen LogP contribution in [0.25, 0.3) is 0 Å². The van der Waals surface area contributed by atoms with Crippen molar-refractivity contribution in [1.82, 2.24) is 4.98 Å². The third-order valence-corrected chi connectivity index (χ3v) is 4.68. The Kier molecular flexibility index (Phi) is 2.86. The summed E-state index contributed by atoms with van der Waals surface area (Å²) in [5.41, 5.74) is 2.16. The minimum Gasteiger partial charge on any atom is -0.364 e. The molecule has 2 rings (SSSR count). The fraction of sp³-hybridized carbons (Fsp3) is 0.583. The van der Waals surface area contributed by atoms with E-state index in [9.17, 15) is 8.60 Å². The summed E-state index contributed by atoms with van der Waals surface area (Å²) in [4.78, 5) is 3.96. The zero-order valence-corrected chi connectivity index (χ0v) is 10.6. The van der Waals surface area contributed by atoms with Crippen molar-refractivity contribution in [3.8, 4) is 0 Å². The molecule has 0 fully saturated rings. The summed E-state index contributed by atoms with van der Waals surface area (Å²) >= 11 is 0. The van der Waals surface area contributed by atoms with Gasteiger partial charge in [0, 0.05) is 18.1 Å². The molecule has 0 radical (unpaired) electrons. The van der Waals surface area contributed by atoms with E-state index in [-0.39, 0.29) is 5.92 Å². The van der Waals surface area contributed by atoms with E-state index in [0.29, 0.717) is 0 Å². The minimum atomic E-state index is -2.16. The lowest BCUT2D eigenvalue weighted by atomic mass is 9.85. The largest absolute Gasteiger partial charge is 0.364 e. The molecule has 16 heavy (non-hydrogen) atoms. The number of aromatic nitrogens is 1. The molecule has 0 aliphatic heterocycles. The van der Waals surface area contributed by atoms with Crippen LogP contribution in [-0.4, -0.2) is 27.5 Å². The lowest BCUT2D eigenvalue weighted by Gasteiger charge is -2.24. The Morgan fingerprint density at radius 1 is 1.69 bits per heavy atom. The summed E-state index contributed by atoms with van der Waals surface area (Å²) in [5.74, 6) is 3.80. The normalized spacial score (nSPS) is 25.8. The second kappa shape index (κ2) is 3.91. The van der Waals surface area contributed by atoms with Gasteiger partial charge in [0.15, 0.2) is 0 Å². The average molecular weight is 243 g/mol. The number of aromatic amines is 1. The van der Waals surface area contributed by atoms with Crippen molar-refractivity contribution in [3.05, 3.63) is 17.5 Å². The van der Waals surface area contributed by atoms with Crippen molar-refractivity contribution in [2.24, 2.45) is 5.92 Å². The molecule has 0 bridgehead atoms. The Labute approximate surface area is 96.3 Å². The molecular weight excluding hydrogens is 225 g/mol. The van der Waals surface area contributed by atoms with Crippen LogP contribution >= 0.6 is 0 Å². The molecule has 90 valence electrons. The van der Waals surface area contributed by atoms with Crippen molar-refractivity contribution in [2.75, 3.05) is 6.26 Å². The maximum Gasteiger partial charge on any atom is 0.100 e. The van der Waals surface area contributed by atoms with Crippen LogP contribution in [0.15, 0.2) is 11.1 Å². The van der Waals surface area contributed by atoms with Gasteiger partial charge >= 0.3 is 0 Å². The first-order valence-electron chi connectivity index (χ1n) is 5.55. The van der Waals surface area contributed by atoms with Gasteiger partial charge in [0.05, 0.1) is 4.90 Å². The first-order chi connectivity index (χ1) is 7.39. The summed E-state index contributed by atoms with van der Waals surface area (Å²) in [6.07, 6.45) is 5.04. The maximum atomic E-state index is 13.2. The van der Waals surface area contributed by atoms with Crippen molar-refractivity contribution >= 4 is 15.4 Å². The van der Waals surface area contributed by atoms with Gasteiger partial charge in [0.2, 0.25) is 0 Å². The number of halogens is 1. The van der Waals surface area contributed by atoms with Gasteiger partial charge in [0.1, 0.15) is 6.17 Å². The van der Waals surface area contributed by atoms with Gasteiger partial charge in [-0.15, -0.1) is 0 Å². The Balaban J connectivity index is 2.34. The number of hydrogen-bond donors (Lipinski definition) is 1. The molecule has 0 amide bonds. The molecule has 3 atom stereocenters. The number of rotatable bonds is 2. The Morgan fingerprint density at radius 3 is 2.94 bits per heavy atom. The van der Waals surface area contributed by atoms with Gasteiger partial charge in [-0.3, -0.25) is 4.21 Å². The van der Waals surface area contributed by atoms with Crippen molar-refractivity contribution in [1.29, 1.82) is 0 Å². The van der Waals surface area contributed by atoms with Crippen LogP contribution in [0.1, 0.15) is 24.6 Å². The number of fused-ring (bicyclic) bond motifs is 1. The van der Waals surface area contributed by atoms with Gasteiger partial charge in [0.25, 0.3) is 0 Å². The topological polar surface area (TPSA) is 32.9 Å². The summed E-state index contributed by atoms with van der Waals surface area (Å²) in [5, 5.41) is 0. The lowest BCUT2D eigenvalue weighted by molar-refractivity contribution is 0.227. The van der Waals surface area contributed by atoms with E-state index in [1.807, 2.05) is 0 Å². The van der Waals surface area contributed by atoms with Crippen molar-refractivity contribution in [3.63, 3.8) is 0 Å². The summed E-state index contributed by atoms with van der Waals surface area (Å²) in [6, 6.07) is 0. The van der Waals surface area contributed by atoms with Crippen LogP contribution in [0.4, 0.5) is 4.39 Å². The zero-order chi connectivity index (χ0) is 11.9. The SMILES string of the molecule is C=S(C)(=O)c1c[nH]c2c1CCC(C(C)F)C2. The summed E-state index contributed by atoms with van der Waals surface area (Å²) in [6.45, 7) is 1.61. The van der Waals surface area contributed by atoms with E-state index in [4.69, 9.17) is 0 Å². The molecule has 0 spiro atoms. The number of alkyl halides is 1. The molecule has 1 heterocycles. The Bertz CT molecular complexity index is 487. The van der Waals surface area contributed by atoms with Crippen LogP contribution in [0.3, 0.4) is 0 Å². The average Bonchev–Trinajstić information content (AvgIpc) is 2.58. The van der Waals surface area contributed by atoms with Gasteiger partial charge in [-0.2, -0.15) is 0 Å². The highest BCUT2D eigenvalue weighted by atomic mass is 32.2. The van der Waals surface area contributed by atoms with E-state index in [1.54, 1.807) is 19.4 Å². The van der Waals surface area contributed by atoms with Crippen molar-refractivity contribution < 1.29 is 8.60 Å². The smallest absolute Gasteiger partial charge is 0.100 e. The molecule has 4 heteroatoms. The first kappa shape index (κ1) is 11.7. The van der Waals surface area contributed by atoms with Crippen LogP contribution in [0.2, 0.25) is 0 Å². The third kappa shape index (κ3) is 2.03. The van der Waals surface area contributed by atoms with Crippen LogP contribution in [0.5, 0.6) is 0 Å². The number of H-pyrrole nitrogens is 1. The zero-order valence-electron chi connectivity index (χ0n) is 9.75. The second-order valence-electron chi connectivity index (χ2n) is 4.80. The summed E-state index contributed by atoms with van der Waals surface area (Å²) < 4.78 is 25.2. The molecule has 2 nitrogen and oxygen atoms in total. The van der Waals surface area contributed by atoms with E-state index in [1.165, 1.54) is 0 Å². The molecule has 0 aromatic carbocycles. The Morgan fingerprint density at radius 2 is 2.38 bits per heavy atom. The molecular formula is C12H18FNOS. The highest BCUT2D eigenvalue weighted by Gasteiger charge is 2.27. The molecule has 3 unspecified atom stereocenters. The fourth-order valence-electron chi connectivity index (χ4n) is 2.40. The summed E-state index contributed by atoms with van der Waals surface area (Å²) in [7, 11) is -2.16. The molecule has 1 aliphatic rings. The number of nitrogens with one attached hydrogen (secondary N) is 1. The van der Waals surface area contributed by atoms with Crippen molar-refractivity contribution in [2.45, 2.75) is 37.3 Å². The molecule has 1 aromatic heterocycles. The number of hydrogen-bond acceptors (Lipinski definition) is 1. The predicted molar refractivity (Wildman–Crippen MR) is 66.3 cm³/mol. The van der Waals surface area contributed by atoms with Crippen LogP contribution in [0, 0.1) is 5.92 Å². The van der Waals surface area contributed by atoms with Gasteiger partial charge in [-0.25, -0.2) is 4.39 Å². The lowest BCUT2D eigenvalue weighted by Crippen LogP contribution is -2.21. The highest BCUT2D eigenvalue weighted by Crippen LogP contribution is 2.32. The Hall–Kier alpha value is -0.770. The maximum absolute atomic E-state index is 13.2.